The number of carbonyl (C=O) groups is 2. The molecule has 5 nitrogen and oxygen atoms in total. The highest BCUT2D eigenvalue weighted by molar-refractivity contribution is 5.97. The van der Waals surface area contributed by atoms with Crippen LogP contribution in [0.15, 0.2) is 72.8 Å². The van der Waals surface area contributed by atoms with Crippen LogP contribution in [0.4, 0.5) is 5.69 Å². The van der Waals surface area contributed by atoms with Crippen LogP contribution in [0.1, 0.15) is 35.3 Å². The van der Waals surface area contributed by atoms with Gasteiger partial charge in [-0.25, -0.2) is 0 Å². The predicted octanol–water partition coefficient (Wildman–Crippen LogP) is 4.86. The number of rotatable bonds is 5. The third-order valence-corrected chi connectivity index (χ3v) is 7.11. The first-order chi connectivity index (χ1) is 17.0. The Morgan fingerprint density at radius 3 is 2.17 bits per heavy atom. The average Bonchev–Trinajstić information content (AvgIpc) is 3.32. The zero-order valence-corrected chi connectivity index (χ0v) is 20.6. The molecule has 0 spiro atoms. The van der Waals surface area contributed by atoms with E-state index in [1.54, 1.807) is 0 Å². The largest absolute Gasteiger partial charge is 0.336 e. The molecule has 0 atom stereocenters. The molecule has 3 aromatic carbocycles. The van der Waals surface area contributed by atoms with Gasteiger partial charge in [0.25, 0.3) is 5.91 Å². The standard InChI is InChI=1S/C30H33N3O2/c1-22(2)29(34)33-15-14-27-20-26(12-13-28(27)33)24-8-10-25(11-9-24)30(35)32-18-16-31(17-19-32)21-23-6-4-3-5-7-23/h3-13,20,22H,14-19,21H2,1-2H3. The van der Waals surface area contributed by atoms with Crippen LogP contribution in [0.25, 0.3) is 11.1 Å². The van der Waals surface area contributed by atoms with Gasteiger partial charge in [0, 0.05) is 56.4 Å². The third kappa shape index (κ3) is 5.01. The van der Waals surface area contributed by atoms with Gasteiger partial charge in [-0.3, -0.25) is 14.5 Å². The van der Waals surface area contributed by atoms with Crippen molar-refractivity contribution in [2.75, 3.05) is 37.6 Å². The minimum Gasteiger partial charge on any atom is -0.336 e. The second-order valence-electron chi connectivity index (χ2n) is 9.87. The van der Waals surface area contributed by atoms with Crippen molar-refractivity contribution in [2.24, 2.45) is 5.92 Å². The quantitative estimate of drug-likeness (QED) is 0.539. The summed E-state index contributed by atoms with van der Waals surface area (Å²) in [5.74, 6) is 0.283. The van der Waals surface area contributed by atoms with Crippen molar-refractivity contribution in [1.29, 1.82) is 0 Å². The lowest BCUT2D eigenvalue weighted by molar-refractivity contribution is -0.121. The molecular formula is C30H33N3O2. The van der Waals surface area contributed by atoms with Crippen LogP contribution in [-0.4, -0.2) is 54.3 Å². The molecule has 2 aliphatic rings. The summed E-state index contributed by atoms with van der Waals surface area (Å²) >= 11 is 0. The molecule has 1 fully saturated rings. The number of piperazine rings is 1. The first-order valence-corrected chi connectivity index (χ1v) is 12.6. The molecule has 0 radical (unpaired) electrons. The van der Waals surface area contributed by atoms with E-state index in [0.717, 1.165) is 68.1 Å². The van der Waals surface area contributed by atoms with Crippen LogP contribution in [0.5, 0.6) is 0 Å². The van der Waals surface area contributed by atoms with Gasteiger partial charge in [-0.15, -0.1) is 0 Å². The first kappa shape index (κ1) is 23.3. The molecule has 0 aliphatic carbocycles. The molecule has 180 valence electrons. The molecule has 1 saturated heterocycles. The van der Waals surface area contributed by atoms with Crippen molar-refractivity contribution in [3.8, 4) is 11.1 Å². The average molecular weight is 468 g/mol. The maximum absolute atomic E-state index is 13.1. The number of hydrogen-bond donors (Lipinski definition) is 0. The SMILES string of the molecule is CC(C)C(=O)N1CCc2cc(-c3ccc(C(=O)N4CCN(Cc5ccccc5)CC4)cc3)ccc21. The lowest BCUT2D eigenvalue weighted by atomic mass is 10.00. The number of hydrogen-bond acceptors (Lipinski definition) is 3. The maximum atomic E-state index is 13.1. The van der Waals surface area contributed by atoms with Gasteiger partial charge in [0.1, 0.15) is 0 Å². The van der Waals surface area contributed by atoms with Crippen molar-refractivity contribution in [1.82, 2.24) is 9.80 Å². The maximum Gasteiger partial charge on any atom is 0.253 e. The molecule has 2 aliphatic heterocycles. The summed E-state index contributed by atoms with van der Waals surface area (Å²) in [4.78, 5) is 31.9. The molecular weight excluding hydrogens is 434 g/mol. The van der Waals surface area contributed by atoms with Gasteiger partial charge in [0.2, 0.25) is 5.91 Å². The Morgan fingerprint density at radius 1 is 0.800 bits per heavy atom. The molecule has 5 rings (SSSR count). The minimum atomic E-state index is -0.00227. The van der Waals surface area contributed by atoms with Gasteiger partial charge < -0.3 is 9.80 Å². The Morgan fingerprint density at radius 2 is 1.49 bits per heavy atom. The Bertz CT molecular complexity index is 1200. The molecule has 0 N–H and O–H groups in total. The predicted molar refractivity (Wildman–Crippen MR) is 140 cm³/mol. The van der Waals surface area contributed by atoms with Crippen LogP contribution in [0, 0.1) is 5.92 Å². The highest BCUT2D eigenvalue weighted by Crippen LogP contribution is 2.33. The minimum absolute atomic E-state index is 0.00227. The van der Waals surface area contributed by atoms with E-state index in [2.05, 4.69) is 47.4 Å². The molecule has 0 unspecified atom stereocenters. The van der Waals surface area contributed by atoms with Gasteiger partial charge in [-0.05, 0) is 52.9 Å². The summed E-state index contributed by atoms with van der Waals surface area (Å²) in [7, 11) is 0. The van der Waals surface area contributed by atoms with Crippen LogP contribution in [0.2, 0.25) is 0 Å². The lowest BCUT2D eigenvalue weighted by Crippen LogP contribution is -2.48. The fourth-order valence-electron chi connectivity index (χ4n) is 5.06. The summed E-state index contributed by atoms with van der Waals surface area (Å²) in [6, 6.07) is 24.8. The second-order valence-corrected chi connectivity index (χ2v) is 9.87. The first-order valence-electron chi connectivity index (χ1n) is 12.6. The van der Waals surface area contributed by atoms with Crippen LogP contribution in [-0.2, 0) is 17.8 Å². The molecule has 2 amide bonds. The van der Waals surface area contributed by atoms with Gasteiger partial charge in [0.15, 0.2) is 0 Å². The smallest absolute Gasteiger partial charge is 0.253 e. The Labute approximate surface area is 208 Å². The van der Waals surface area contributed by atoms with E-state index in [1.807, 2.05) is 54.0 Å². The molecule has 5 heteroatoms. The van der Waals surface area contributed by atoms with Crippen molar-refractivity contribution in [3.63, 3.8) is 0 Å². The second kappa shape index (κ2) is 10.0. The zero-order chi connectivity index (χ0) is 24.4. The lowest BCUT2D eigenvalue weighted by Gasteiger charge is -2.34. The fraction of sp³-hybridized carbons (Fsp3) is 0.333. The van der Waals surface area contributed by atoms with Gasteiger partial charge >= 0.3 is 0 Å². The van der Waals surface area contributed by atoms with Crippen LogP contribution in [0.3, 0.4) is 0 Å². The van der Waals surface area contributed by atoms with E-state index in [4.69, 9.17) is 0 Å². The third-order valence-electron chi connectivity index (χ3n) is 7.11. The molecule has 2 heterocycles. The van der Waals surface area contributed by atoms with E-state index >= 15 is 0 Å². The summed E-state index contributed by atoms with van der Waals surface area (Å²) in [5.41, 5.74) is 6.51. The number of amides is 2. The number of nitrogens with zero attached hydrogens (tertiary/aromatic N) is 3. The monoisotopic (exact) mass is 467 g/mol. The van der Waals surface area contributed by atoms with E-state index in [9.17, 15) is 9.59 Å². The number of carbonyl (C=O) groups excluding carboxylic acids is 2. The molecule has 35 heavy (non-hydrogen) atoms. The molecule has 0 aromatic heterocycles. The molecule has 0 bridgehead atoms. The van der Waals surface area contributed by atoms with Gasteiger partial charge in [0.05, 0.1) is 0 Å². The Hall–Kier alpha value is -3.44. The topological polar surface area (TPSA) is 43.9 Å². The Balaban J connectivity index is 1.21. The summed E-state index contributed by atoms with van der Waals surface area (Å²) < 4.78 is 0. The number of anilines is 1. The van der Waals surface area contributed by atoms with E-state index in [0.29, 0.717) is 0 Å². The molecule has 3 aromatic rings. The summed E-state index contributed by atoms with van der Waals surface area (Å²) in [5, 5.41) is 0. The number of benzene rings is 3. The van der Waals surface area contributed by atoms with E-state index < -0.39 is 0 Å². The van der Waals surface area contributed by atoms with Crippen LogP contribution < -0.4 is 4.90 Å². The van der Waals surface area contributed by atoms with Crippen molar-refractivity contribution >= 4 is 17.5 Å². The van der Waals surface area contributed by atoms with E-state index in [1.165, 1.54) is 11.1 Å². The zero-order valence-electron chi connectivity index (χ0n) is 20.6. The normalized spacial score (nSPS) is 16.0. The fourth-order valence-corrected chi connectivity index (χ4v) is 5.06. The van der Waals surface area contributed by atoms with Crippen LogP contribution >= 0.6 is 0 Å². The van der Waals surface area contributed by atoms with E-state index in [-0.39, 0.29) is 17.7 Å². The van der Waals surface area contributed by atoms with Crippen molar-refractivity contribution in [3.05, 3.63) is 89.5 Å². The Kier molecular flexibility index (Phi) is 6.69. The summed E-state index contributed by atoms with van der Waals surface area (Å²) in [6.07, 6.45) is 0.883. The highest BCUT2D eigenvalue weighted by Gasteiger charge is 2.26. The highest BCUT2D eigenvalue weighted by atomic mass is 16.2. The van der Waals surface area contributed by atoms with Gasteiger partial charge in [-0.2, -0.15) is 0 Å². The number of fused-ring (bicyclic) bond motifs is 1. The van der Waals surface area contributed by atoms with Crippen molar-refractivity contribution in [2.45, 2.75) is 26.8 Å². The van der Waals surface area contributed by atoms with Gasteiger partial charge in [-0.1, -0.05) is 62.4 Å². The molecule has 0 saturated carbocycles. The summed E-state index contributed by atoms with van der Waals surface area (Å²) in [6.45, 7) is 8.87. The van der Waals surface area contributed by atoms with Crippen molar-refractivity contribution < 1.29 is 9.59 Å².